The molecular weight excluding hydrogens is 256 g/mol. The Balaban J connectivity index is 2.97. The summed E-state index contributed by atoms with van der Waals surface area (Å²) in [6, 6.07) is 3.86. The van der Waals surface area contributed by atoms with Crippen molar-refractivity contribution in [2.45, 2.75) is 0 Å². The van der Waals surface area contributed by atoms with E-state index in [2.05, 4.69) is 10.3 Å². The lowest BCUT2D eigenvalue weighted by Crippen LogP contribution is -2.19. The highest BCUT2D eigenvalue weighted by Gasteiger charge is 2.11. The molecule has 0 aliphatic heterocycles. The van der Waals surface area contributed by atoms with Gasteiger partial charge in [-0.3, -0.25) is 19.9 Å². The van der Waals surface area contributed by atoms with Crippen molar-refractivity contribution in [3.63, 3.8) is 0 Å². The number of ether oxygens (including phenoxy) is 1. The molecule has 0 saturated carbocycles. The molecule has 19 heavy (non-hydrogen) atoms. The zero-order valence-electron chi connectivity index (χ0n) is 10.3. The van der Waals surface area contributed by atoms with E-state index < -0.39 is 10.9 Å². The molecule has 0 amide bonds. The lowest BCUT2D eigenvalue weighted by atomic mass is 10.2. The van der Waals surface area contributed by atoms with Gasteiger partial charge >= 0.3 is 5.97 Å². The average molecular weight is 268 g/mol. The second-order valence-corrected chi connectivity index (χ2v) is 3.51. The first-order valence-corrected chi connectivity index (χ1v) is 5.11. The molecule has 0 fully saturated rings. The van der Waals surface area contributed by atoms with E-state index >= 15 is 0 Å². The molecule has 0 aromatic heterocycles. The van der Waals surface area contributed by atoms with Gasteiger partial charge in [-0.15, -0.1) is 5.11 Å². The summed E-state index contributed by atoms with van der Waals surface area (Å²) in [5.41, 5.74) is -0.00965. The van der Waals surface area contributed by atoms with Crippen molar-refractivity contribution in [3.05, 3.63) is 28.3 Å². The first kappa shape index (κ1) is 14.4. The molecular formula is C10H12N4O5. The van der Waals surface area contributed by atoms with Gasteiger partial charge in [0.25, 0.3) is 5.69 Å². The van der Waals surface area contributed by atoms with Gasteiger partial charge in [-0.1, -0.05) is 5.22 Å². The lowest BCUT2D eigenvalue weighted by Gasteiger charge is -2.08. The van der Waals surface area contributed by atoms with Gasteiger partial charge in [0, 0.05) is 19.2 Å². The van der Waals surface area contributed by atoms with Crippen LogP contribution in [-0.2, 0) is 4.79 Å². The largest absolute Gasteiger partial charge is 0.494 e. The second kappa shape index (κ2) is 6.28. The molecule has 0 bridgehead atoms. The van der Waals surface area contributed by atoms with Gasteiger partial charge in [0.1, 0.15) is 18.0 Å². The Morgan fingerprint density at radius 1 is 1.58 bits per heavy atom. The number of carboxylic acids is 1. The van der Waals surface area contributed by atoms with Crippen molar-refractivity contribution in [1.82, 2.24) is 5.01 Å². The molecule has 0 atom stereocenters. The minimum Gasteiger partial charge on any atom is -0.494 e. The first-order chi connectivity index (χ1) is 8.93. The number of methoxy groups -OCH3 is 1. The number of nitro benzene ring substituents is 1. The van der Waals surface area contributed by atoms with Gasteiger partial charge in [-0.05, 0) is 6.07 Å². The van der Waals surface area contributed by atoms with Crippen LogP contribution in [0.15, 0.2) is 28.5 Å². The third-order valence-corrected chi connectivity index (χ3v) is 2.04. The Bertz CT molecular complexity index is 517. The summed E-state index contributed by atoms with van der Waals surface area (Å²) in [5, 5.41) is 27.6. The maximum absolute atomic E-state index is 10.6. The van der Waals surface area contributed by atoms with Crippen molar-refractivity contribution < 1.29 is 19.6 Å². The molecule has 0 unspecified atom stereocenters. The number of carboxylic acid groups (broad SMARTS) is 1. The van der Waals surface area contributed by atoms with Crippen LogP contribution in [0.1, 0.15) is 0 Å². The molecule has 1 rings (SSSR count). The number of likely N-dealkylation sites (N-methyl/N-ethyl adjacent to an activating group) is 1. The third-order valence-electron chi connectivity index (χ3n) is 2.04. The summed E-state index contributed by atoms with van der Waals surface area (Å²) in [7, 11) is 2.81. The first-order valence-electron chi connectivity index (χ1n) is 5.11. The molecule has 1 aromatic carbocycles. The van der Waals surface area contributed by atoms with Crippen LogP contribution in [0.3, 0.4) is 0 Å². The standard InChI is InChI=1S/C10H12N4O5/c1-13(6-10(15)16)12-11-8-5-7(14(17)18)3-4-9(8)19-2/h3-5H,6H2,1-2H3,(H,15,16). The molecule has 0 aliphatic rings. The van der Waals surface area contributed by atoms with E-state index in [9.17, 15) is 14.9 Å². The number of nitrogens with zero attached hydrogens (tertiary/aromatic N) is 4. The zero-order valence-corrected chi connectivity index (χ0v) is 10.3. The summed E-state index contributed by atoms with van der Waals surface area (Å²) >= 11 is 0. The van der Waals surface area contributed by atoms with Crippen molar-refractivity contribution in [3.8, 4) is 5.75 Å². The molecule has 0 saturated heterocycles. The molecule has 0 radical (unpaired) electrons. The number of aliphatic carboxylic acids is 1. The second-order valence-electron chi connectivity index (χ2n) is 3.51. The maximum atomic E-state index is 10.6. The Labute approximate surface area is 108 Å². The smallest absolute Gasteiger partial charge is 0.324 e. The molecule has 9 nitrogen and oxygen atoms in total. The number of nitro groups is 1. The van der Waals surface area contributed by atoms with E-state index in [0.29, 0.717) is 5.75 Å². The van der Waals surface area contributed by atoms with Crippen LogP contribution in [0.25, 0.3) is 0 Å². The number of hydrogen-bond donors (Lipinski definition) is 1. The van der Waals surface area contributed by atoms with Crippen LogP contribution in [0.2, 0.25) is 0 Å². The summed E-state index contributed by atoms with van der Waals surface area (Å²) < 4.78 is 4.98. The van der Waals surface area contributed by atoms with Crippen LogP contribution in [0, 0.1) is 10.1 Å². The molecule has 102 valence electrons. The van der Waals surface area contributed by atoms with E-state index in [4.69, 9.17) is 9.84 Å². The van der Waals surface area contributed by atoms with Gasteiger partial charge in [-0.2, -0.15) is 0 Å². The summed E-state index contributed by atoms with van der Waals surface area (Å²) in [5.74, 6) is -0.759. The normalized spacial score (nSPS) is 10.4. The predicted octanol–water partition coefficient (Wildman–Crippen LogP) is 1.62. The highest BCUT2D eigenvalue weighted by Crippen LogP contribution is 2.31. The van der Waals surface area contributed by atoms with Crippen LogP contribution >= 0.6 is 0 Å². The molecule has 1 N–H and O–H groups in total. The maximum Gasteiger partial charge on any atom is 0.324 e. The fourth-order valence-electron chi connectivity index (χ4n) is 1.22. The topological polar surface area (TPSA) is 118 Å². The highest BCUT2D eigenvalue weighted by atomic mass is 16.6. The van der Waals surface area contributed by atoms with Crippen LogP contribution < -0.4 is 4.74 Å². The third kappa shape index (κ3) is 4.22. The molecule has 0 heterocycles. The number of carbonyl (C=O) groups is 1. The van der Waals surface area contributed by atoms with Crippen LogP contribution in [0.5, 0.6) is 5.75 Å². The van der Waals surface area contributed by atoms with E-state index in [1.807, 2.05) is 0 Å². The van der Waals surface area contributed by atoms with Gasteiger partial charge in [-0.25, -0.2) is 0 Å². The van der Waals surface area contributed by atoms with Gasteiger partial charge in [0.15, 0.2) is 0 Å². The molecule has 1 aromatic rings. The van der Waals surface area contributed by atoms with E-state index in [1.54, 1.807) is 0 Å². The zero-order chi connectivity index (χ0) is 14.4. The predicted molar refractivity (Wildman–Crippen MR) is 64.4 cm³/mol. The van der Waals surface area contributed by atoms with Gasteiger partial charge in [0.2, 0.25) is 0 Å². The minimum absolute atomic E-state index is 0.147. The quantitative estimate of drug-likeness (QED) is 0.475. The minimum atomic E-state index is -1.06. The van der Waals surface area contributed by atoms with Gasteiger partial charge in [0.05, 0.1) is 12.0 Å². The number of rotatable bonds is 6. The Hall–Kier alpha value is -2.71. The van der Waals surface area contributed by atoms with Gasteiger partial charge < -0.3 is 9.84 Å². The van der Waals surface area contributed by atoms with E-state index in [1.165, 1.54) is 32.4 Å². The van der Waals surface area contributed by atoms with Crippen LogP contribution in [-0.4, -0.2) is 41.7 Å². The van der Waals surface area contributed by atoms with Crippen LogP contribution in [0.4, 0.5) is 11.4 Å². The number of non-ortho nitro benzene ring substituents is 1. The number of hydrogen-bond acceptors (Lipinski definition) is 6. The summed E-state index contributed by atoms with van der Waals surface area (Å²) in [4.78, 5) is 20.5. The fraction of sp³-hybridized carbons (Fsp3) is 0.300. The summed E-state index contributed by atoms with van der Waals surface area (Å²) in [6.45, 7) is -0.333. The molecule has 9 heteroatoms. The number of benzene rings is 1. The molecule has 0 aliphatic carbocycles. The van der Waals surface area contributed by atoms with Crippen molar-refractivity contribution in [2.24, 2.45) is 10.3 Å². The lowest BCUT2D eigenvalue weighted by molar-refractivity contribution is -0.384. The van der Waals surface area contributed by atoms with Crippen molar-refractivity contribution in [2.75, 3.05) is 20.7 Å². The average Bonchev–Trinajstić information content (AvgIpc) is 2.35. The molecule has 0 spiro atoms. The van der Waals surface area contributed by atoms with E-state index in [-0.39, 0.29) is 17.9 Å². The fourth-order valence-corrected chi connectivity index (χ4v) is 1.22. The van der Waals surface area contributed by atoms with E-state index in [0.717, 1.165) is 5.01 Å². The highest BCUT2D eigenvalue weighted by molar-refractivity contribution is 5.68. The SMILES string of the molecule is COc1ccc([N+](=O)[O-])cc1N=NN(C)CC(=O)O. The van der Waals surface area contributed by atoms with Crippen molar-refractivity contribution in [1.29, 1.82) is 0 Å². The summed E-state index contributed by atoms with van der Waals surface area (Å²) in [6.07, 6.45) is 0. The Morgan fingerprint density at radius 3 is 2.79 bits per heavy atom. The Kier molecular flexibility index (Phi) is 4.75. The van der Waals surface area contributed by atoms with Crippen molar-refractivity contribution >= 4 is 17.3 Å². The monoisotopic (exact) mass is 268 g/mol. The Morgan fingerprint density at radius 2 is 2.26 bits per heavy atom.